The molecule has 18 heavy (non-hydrogen) atoms. The Morgan fingerprint density at radius 2 is 1.89 bits per heavy atom. The first kappa shape index (κ1) is 13.1. The van der Waals surface area contributed by atoms with Crippen molar-refractivity contribution in [1.82, 2.24) is 4.98 Å². The van der Waals surface area contributed by atoms with Gasteiger partial charge in [-0.05, 0) is 36.8 Å². The number of benzene rings is 1. The Bertz CT molecular complexity index is 600. The molecule has 1 aromatic heterocycles. The third-order valence-electron chi connectivity index (χ3n) is 2.60. The van der Waals surface area contributed by atoms with Gasteiger partial charge in [0.15, 0.2) is 0 Å². The van der Waals surface area contributed by atoms with Crippen molar-refractivity contribution in [2.75, 3.05) is 12.4 Å². The highest BCUT2D eigenvalue weighted by Gasteiger charge is 2.11. The average Bonchev–Trinajstić information content (AvgIpc) is 2.33. The molecular formula is C13H11Cl2FN2. The van der Waals surface area contributed by atoms with E-state index in [-0.39, 0.29) is 5.82 Å². The van der Waals surface area contributed by atoms with E-state index in [0.29, 0.717) is 27.1 Å². The third kappa shape index (κ3) is 2.42. The maximum Gasteiger partial charge on any atom is 0.145 e. The third-order valence-corrected chi connectivity index (χ3v) is 3.17. The first-order valence-corrected chi connectivity index (χ1v) is 6.09. The van der Waals surface area contributed by atoms with Gasteiger partial charge in [-0.2, -0.15) is 0 Å². The Morgan fingerprint density at radius 3 is 2.50 bits per heavy atom. The number of halogens is 3. The normalized spacial score (nSPS) is 10.5. The van der Waals surface area contributed by atoms with E-state index in [0.717, 1.165) is 5.56 Å². The van der Waals surface area contributed by atoms with E-state index in [1.54, 1.807) is 32.2 Å². The van der Waals surface area contributed by atoms with Crippen molar-refractivity contribution in [3.8, 4) is 11.3 Å². The van der Waals surface area contributed by atoms with Gasteiger partial charge in [-0.15, -0.1) is 0 Å². The van der Waals surface area contributed by atoms with E-state index in [9.17, 15) is 4.39 Å². The van der Waals surface area contributed by atoms with E-state index in [1.165, 1.54) is 6.07 Å². The summed E-state index contributed by atoms with van der Waals surface area (Å²) in [4.78, 5) is 4.33. The number of aromatic nitrogens is 1. The summed E-state index contributed by atoms with van der Waals surface area (Å²) in [5.41, 5.74) is 1.88. The summed E-state index contributed by atoms with van der Waals surface area (Å²) in [6.45, 7) is 1.70. The molecule has 0 spiro atoms. The quantitative estimate of drug-likeness (QED) is 0.875. The van der Waals surface area contributed by atoms with Gasteiger partial charge in [-0.3, -0.25) is 0 Å². The summed E-state index contributed by atoms with van der Waals surface area (Å²) >= 11 is 12.1. The van der Waals surface area contributed by atoms with E-state index in [4.69, 9.17) is 23.2 Å². The lowest BCUT2D eigenvalue weighted by molar-refractivity contribution is 0.619. The highest BCUT2D eigenvalue weighted by Crippen LogP contribution is 2.32. The van der Waals surface area contributed by atoms with Crippen molar-refractivity contribution < 1.29 is 4.39 Å². The van der Waals surface area contributed by atoms with Crippen LogP contribution in [0, 0.1) is 12.7 Å². The molecule has 0 aliphatic rings. The predicted molar refractivity (Wildman–Crippen MR) is 73.9 cm³/mol. The number of nitrogens with zero attached hydrogens (tertiary/aromatic N) is 1. The lowest BCUT2D eigenvalue weighted by atomic mass is 10.1. The van der Waals surface area contributed by atoms with Crippen LogP contribution in [0.15, 0.2) is 24.3 Å². The molecule has 2 nitrogen and oxygen atoms in total. The molecule has 0 aliphatic heterocycles. The second kappa shape index (κ2) is 5.12. The molecule has 0 saturated carbocycles. The Morgan fingerprint density at radius 1 is 1.17 bits per heavy atom. The first-order valence-electron chi connectivity index (χ1n) is 5.33. The summed E-state index contributed by atoms with van der Waals surface area (Å²) in [6.07, 6.45) is 0. The number of pyridine rings is 1. The Kier molecular flexibility index (Phi) is 3.73. The van der Waals surface area contributed by atoms with Crippen molar-refractivity contribution in [1.29, 1.82) is 0 Å². The molecule has 0 atom stereocenters. The second-order valence-corrected chi connectivity index (χ2v) is 4.68. The lowest BCUT2D eigenvalue weighted by Crippen LogP contribution is -1.96. The molecule has 94 valence electrons. The van der Waals surface area contributed by atoms with E-state index < -0.39 is 0 Å². The number of hydrogen-bond donors (Lipinski definition) is 1. The van der Waals surface area contributed by atoms with Crippen molar-refractivity contribution in [3.05, 3.63) is 45.7 Å². The zero-order valence-electron chi connectivity index (χ0n) is 9.89. The van der Waals surface area contributed by atoms with Gasteiger partial charge in [0.05, 0.1) is 15.7 Å². The largest absolute Gasteiger partial charge is 0.372 e. The Hall–Kier alpha value is -1.32. The molecule has 1 aromatic carbocycles. The van der Waals surface area contributed by atoms with Gasteiger partial charge in [0.25, 0.3) is 0 Å². The van der Waals surface area contributed by atoms with E-state index in [1.807, 2.05) is 0 Å². The Labute approximate surface area is 115 Å². The molecule has 2 aromatic rings. The summed E-state index contributed by atoms with van der Waals surface area (Å²) in [5, 5.41) is 3.77. The number of anilines is 1. The van der Waals surface area contributed by atoms with Crippen LogP contribution in [0.5, 0.6) is 0 Å². The smallest absolute Gasteiger partial charge is 0.145 e. The number of rotatable bonds is 2. The molecule has 1 N–H and O–H groups in total. The van der Waals surface area contributed by atoms with E-state index in [2.05, 4.69) is 10.3 Å². The van der Waals surface area contributed by atoms with Crippen LogP contribution in [-0.4, -0.2) is 12.0 Å². The molecule has 0 unspecified atom stereocenters. The average molecular weight is 285 g/mol. The van der Waals surface area contributed by atoms with Crippen molar-refractivity contribution in [2.24, 2.45) is 0 Å². The summed E-state index contributed by atoms with van der Waals surface area (Å²) < 4.78 is 13.2. The molecule has 0 bridgehead atoms. The summed E-state index contributed by atoms with van der Waals surface area (Å²) in [7, 11) is 1.72. The molecule has 0 saturated heterocycles. The fourth-order valence-corrected chi connectivity index (χ4v) is 2.20. The molecule has 0 aliphatic carbocycles. The minimum absolute atomic E-state index is 0.252. The van der Waals surface area contributed by atoms with Crippen LogP contribution in [0.25, 0.3) is 11.3 Å². The maximum absolute atomic E-state index is 13.2. The van der Waals surface area contributed by atoms with E-state index >= 15 is 0 Å². The standard InChI is InChI=1S/C13H11Cl2FN2/c1-7-5-8(3-4-11(7)16)12-9(14)6-10(15)13(17-2)18-12/h3-6H,1-2H3,(H,17,18). The summed E-state index contributed by atoms with van der Waals surface area (Å²) in [5.74, 6) is 0.288. The SMILES string of the molecule is CNc1nc(-c2ccc(F)c(C)c2)c(Cl)cc1Cl. The number of hydrogen-bond acceptors (Lipinski definition) is 2. The zero-order valence-corrected chi connectivity index (χ0v) is 11.4. The van der Waals surface area contributed by atoms with Crippen molar-refractivity contribution in [3.63, 3.8) is 0 Å². The van der Waals surface area contributed by atoms with Crippen LogP contribution < -0.4 is 5.32 Å². The van der Waals surface area contributed by atoms with Crippen molar-refractivity contribution >= 4 is 29.0 Å². The molecule has 0 radical (unpaired) electrons. The second-order valence-electron chi connectivity index (χ2n) is 3.86. The monoisotopic (exact) mass is 284 g/mol. The van der Waals surface area contributed by atoms with Gasteiger partial charge < -0.3 is 5.32 Å². The fourth-order valence-electron chi connectivity index (χ4n) is 1.64. The highest BCUT2D eigenvalue weighted by atomic mass is 35.5. The maximum atomic E-state index is 13.2. The van der Waals surface area contributed by atoms with Gasteiger partial charge in [0.2, 0.25) is 0 Å². The minimum atomic E-state index is -0.252. The van der Waals surface area contributed by atoms with Crippen LogP contribution in [0.3, 0.4) is 0 Å². The molecular weight excluding hydrogens is 274 g/mol. The molecule has 1 heterocycles. The van der Waals surface area contributed by atoms with Gasteiger partial charge >= 0.3 is 0 Å². The van der Waals surface area contributed by atoms with Crippen LogP contribution in [0.4, 0.5) is 10.2 Å². The van der Waals surface area contributed by atoms with Gasteiger partial charge in [0, 0.05) is 12.6 Å². The fraction of sp³-hybridized carbons (Fsp3) is 0.154. The highest BCUT2D eigenvalue weighted by molar-refractivity contribution is 6.37. The molecule has 0 fully saturated rings. The molecule has 5 heteroatoms. The number of aryl methyl sites for hydroxylation is 1. The summed E-state index contributed by atoms with van der Waals surface area (Å²) in [6, 6.07) is 6.37. The molecule has 2 rings (SSSR count). The van der Waals surface area contributed by atoms with Crippen LogP contribution in [-0.2, 0) is 0 Å². The minimum Gasteiger partial charge on any atom is -0.372 e. The zero-order chi connectivity index (χ0) is 13.3. The topological polar surface area (TPSA) is 24.9 Å². The Balaban J connectivity index is 2.59. The van der Waals surface area contributed by atoms with Crippen LogP contribution in [0.1, 0.15) is 5.56 Å². The van der Waals surface area contributed by atoms with Gasteiger partial charge in [-0.25, -0.2) is 9.37 Å². The van der Waals surface area contributed by atoms with Gasteiger partial charge in [-0.1, -0.05) is 23.2 Å². The first-order chi connectivity index (χ1) is 8.52. The van der Waals surface area contributed by atoms with Crippen LogP contribution in [0.2, 0.25) is 10.0 Å². The predicted octanol–water partition coefficient (Wildman–Crippen LogP) is 4.54. The van der Waals surface area contributed by atoms with Crippen LogP contribution >= 0.6 is 23.2 Å². The van der Waals surface area contributed by atoms with Crippen molar-refractivity contribution in [2.45, 2.75) is 6.92 Å². The molecule has 0 amide bonds. The van der Waals surface area contributed by atoms with Gasteiger partial charge in [0.1, 0.15) is 11.6 Å². The number of nitrogens with one attached hydrogen (secondary N) is 1. The lowest BCUT2D eigenvalue weighted by Gasteiger charge is -2.09.